The maximum Gasteiger partial charge on any atom is 0.331 e. The molecule has 3 aromatic rings. The number of benzene rings is 3. The van der Waals surface area contributed by atoms with Gasteiger partial charge in [0.25, 0.3) is 0 Å². The Kier molecular flexibility index (Phi) is 7.20. The van der Waals surface area contributed by atoms with Crippen LogP contribution in [0.15, 0.2) is 54.6 Å². The second-order valence-electron chi connectivity index (χ2n) is 8.61. The largest absolute Gasteiger partial charge is 0.549 e. The number of aromatic hydroxyl groups is 5. The van der Waals surface area contributed by atoms with Gasteiger partial charge >= 0.3 is 5.97 Å². The van der Waals surface area contributed by atoms with Crippen molar-refractivity contribution >= 4 is 24.0 Å². The van der Waals surface area contributed by atoms with Crippen molar-refractivity contribution in [1.82, 2.24) is 0 Å². The van der Waals surface area contributed by atoms with E-state index in [2.05, 4.69) is 0 Å². The van der Waals surface area contributed by atoms with E-state index in [1.165, 1.54) is 24.3 Å². The molecule has 0 radical (unpaired) electrons. The highest BCUT2D eigenvalue weighted by Crippen LogP contribution is 2.52. The van der Waals surface area contributed by atoms with Gasteiger partial charge in [0.05, 0.1) is 17.9 Å². The van der Waals surface area contributed by atoms with Gasteiger partial charge in [-0.1, -0.05) is 18.2 Å². The molecule has 0 spiro atoms. The van der Waals surface area contributed by atoms with Gasteiger partial charge in [-0.2, -0.15) is 0 Å². The molecule has 0 fully saturated rings. The quantitative estimate of drug-likeness (QED) is 0.147. The summed E-state index contributed by atoms with van der Waals surface area (Å²) in [6.45, 7) is 0. The SMILES string of the molecule is O=C(/C=C/c1ccc(O)c2c1[C@H](C(=O)[O-])[C@@H](c1ccc(O)c(O)c1)O2)O[C@H](Cc1ccc(O)c(O)c1)C(=O)[O-]. The van der Waals surface area contributed by atoms with E-state index < -0.39 is 64.8 Å². The van der Waals surface area contributed by atoms with E-state index in [1.807, 2.05) is 0 Å². The molecular weight excluding hydrogens is 516 g/mol. The highest BCUT2D eigenvalue weighted by atomic mass is 16.6. The number of carbonyl (C=O) groups excluding carboxylic acids is 3. The van der Waals surface area contributed by atoms with Crippen molar-refractivity contribution in [3.8, 4) is 34.5 Å². The number of carbonyl (C=O) groups is 3. The lowest BCUT2D eigenvalue weighted by atomic mass is 9.88. The van der Waals surface area contributed by atoms with E-state index in [0.717, 1.165) is 36.4 Å². The molecular formula is C27H20O12-2. The van der Waals surface area contributed by atoms with Crippen molar-refractivity contribution in [3.63, 3.8) is 0 Å². The molecule has 0 saturated carbocycles. The number of rotatable bonds is 8. The standard InChI is InChI=1S/C27H22O12/c28-15-5-1-12(9-18(15)31)10-20(26(34)35)38-21(33)8-4-13-2-7-17(30)25-22(13)23(27(36)37)24(39-25)14-3-6-16(29)19(32)11-14/h1-9,11,20,23-24,28-32H,10H2,(H,34,35)(H,36,37)/p-2/b8-4+/t20-,23+,24-/m1/s1. The highest BCUT2D eigenvalue weighted by molar-refractivity contribution is 5.90. The van der Waals surface area contributed by atoms with Crippen molar-refractivity contribution in [2.75, 3.05) is 0 Å². The van der Waals surface area contributed by atoms with Crippen LogP contribution in [-0.4, -0.2) is 49.5 Å². The van der Waals surface area contributed by atoms with Gasteiger partial charge in [-0.05, 0) is 53.1 Å². The van der Waals surface area contributed by atoms with E-state index in [-0.39, 0.29) is 34.4 Å². The number of hydrogen-bond donors (Lipinski definition) is 5. The first kappa shape index (κ1) is 26.7. The fraction of sp³-hybridized carbons (Fsp3) is 0.148. The number of phenols is 5. The fourth-order valence-corrected chi connectivity index (χ4v) is 4.18. The van der Waals surface area contributed by atoms with Gasteiger partial charge in [0.1, 0.15) is 12.2 Å². The number of ether oxygens (including phenoxy) is 2. The lowest BCUT2D eigenvalue weighted by Crippen LogP contribution is -2.40. The van der Waals surface area contributed by atoms with Crippen LogP contribution in [0.1, 0.15) is 34.3 Å². The predicted octanol–water partition coefficient (Wildman–Crippen LogP) is 0.0994. The number of esters is 1. The third-order valence-corrected chi connectivity index (χ3v) is 6.03. The van der Waals surface area contributed by atoms with Crippen LogP contribution < -0.4 is 14.9 Å². The fourth-order valence-electron chi connectivity index (χ4n) is 4.18. The average Bonchev–Trinajstić information content (AvgIpc) is 3.29. The zero-order valence-electron chi connectivity index (χ0n) is 19.8. The van der Waals surface area contributed by atoms with Crippen molar-refractivity contribution in [1.29, 1.82) is 0 Å². The Morgan fingerprint density at radius 1 is 0.872 bits per heavy atom. The van der Waals surface area contributed by atoms with Crippen LogP contribution in [0.5, 0.6) is 34.5 Å². The molecule has 0 bridgehead atoms. The number of aliphatic carboxylic acids is 2. The zero-order chi connectivity index (χ0) is 28.4. The summed E-state index contributed by atoms with van der Waals surface area (Å²) in [6, 6.07) is 9.58. The maximum atomic E-state index is 12.4. The topological polar surface area (TPSA) is 217 Å². The number of carboxylic acid groups (broad SMARTS) is 2. The summed E-state index contributed by atoms with van der Waals surface area (Å²) >= 11 is 0. The number of carboxylic acids is 2. The van der Waals surface area contributed by atoms with Crippen LogP contribution >= 0.6 is 0 Å². The third kappa shape index (κ3) is 5.49. The molecule has 1 aliphatic rings. The van der Waals surface area contributed by atoms with Gasteiger partial charge < -0.3 is 54.8 Å². The molecule has 0 unspecified atom stereocenters. The summed E-state index contributed by atoms with van der Waals surface area (Å²) in [5.41, 5.74) is 0.440. The molecule has 0 aromatic heterocycles. The predicted molar refractivity (Wildman–Crippen MR) is 126 cm³/mol. The van der Waals surface area contributed by atoms with Gasteiger partial charge in [0.15, 0.2) is 34.5 Å². The molecule has 0 amide bonds. The third-order valence-electron chi connectivity index (χ3n) is 6.03. The summed E-state index contributed by atoms with van der Waals surface area (Å²) in [5, 5.41) is 72.3. The zero-order valence-corrected chi connectivity index (χ0v) is 19.8. The van der Waals surface area contributed by atoms with Crippen LogP contribution in [-0.2, 0) is 25.5 Å². The summed E-state index contributed by atoms with van der Waals surface area (Å²) in [6.07, 6.45) is -1.44. The van der Waals surface area contributed by atoms with Gasteiger partial charge in [0, 0.05) is 18.1 Å². The van der Waals surface area contributed by atoms with Gasteiger partial charge in [0.2, 0.25) is 0 Å². The number of fused-ring (bicyclic) bond motifs is 1. The lowest BCUT2D eigenvalue weighted by Gasteiger charge is -2.21. The van der Waals surface area contributed by atoms with Crippen molar-refractivity contribution in [2.45, 2.75) is 24.5 Å². The second kappa shape index (κ2) is 10.5. The summed E-state index contributed by atoms with van der Waals surface area (Å²) in [5.74, 6) is -8.46. The Balaban J connectivity index is 1.59. The molecule has 1 heterocycles. The Morgan fingerprint density at radius 3 is 2.13 bits per heavy atom. The van der Waals surface area contributed by atoms with Crippen LogP contribution in [0.25, 0.3) is 6.08 Å². The van der Waals surface area contributed by atoms with Crippen molar-refractivity contribution < 1.29 is 59.6 Å². The van der Waals surface area contributed by atoms with E-state index in [4.69, 9.17) is 9.47 Å². The molecule has 4 rings (SSSR count). The number of phenolic OH excluding ortho intramolecular Hbond substituents is 5. The van der Waals surface area contributed by atoms with Crippen molar-refractivity contribution in [3.05, 3.63) is 76.9 Å². The molecule has 3 atom stereocenters. The molecule has 5 N–H and O–H groups in total. The molecule has 0 saturated heterocycles. The first-order valence-corrected chi connectivity index (χ1v) is 11.3. The van der Waals surface area contributed by atoms with Gasteiger partial charge in [-0.3, -0.25) is 0 Å². The van der Waals surface area contributed by atoms with E-state index in [9.17, 15) is 50.1 Å². The molecule has 202 valence electrons. The Morgan fingerprint density at radius 2 is 1.51 bits per heavy atom. The molecule has 0 aliphatic carbocycles. The average molecular weight is 536 g/mol. The minimum atomic E-state index is -1.76. The monoisotopic (exact) mass is 536 g/mol. The van der Waals surface area contributed by atoms with E-state index >= 15 is 0 Å². The van der Waals surface area contributed by atoms with Crippen molar-refractivity contribution in [2.24, 2.45) is 0 Å². The Bertz CT molecular complexity index is 1490. The first-order valence-electron chi connectivity index (χ1n) is 11.3. The number of hydrogen-bond acceptors (Lipinski definition) is 12. The lowest BCUT2D eigenvalue weighted by molar-refractivity contribution is -0.315. The van der Waals surface area contributed by atoms with E-state index in [1.54, 1.807) is 0 Å². The molecule has 1 aliphatic heterocycles. The normalized spacial score (nSPS) is 16.8. The van der Waals surface area contributed by atoms with Crippen LogP contribution in [0.2, 0.25) is 0 Å². The smallest absolute Gasteiger partial charge is 0.331 e. The van der Waals surface area contributed by atoms with E-state index in [0.29, 0.717) is 0 Å². The highest BCUT2D eigenvalue weighted by Gasteiger charge is 2.40. The Labute approximate surface area is 219 Å². The minimum absolute atomic E-state index is 0.0485. The molecule has 12 heteroatoms. The van der Waals surface area contributed by atoms with Gasteiger partial charge in [-0.15, -0.1) is 0 Å². The van der Waals surface area contributed by atoms with Crippen LogP contribution in [0, 0.1) is 0 Å². The molecule has 39 heavy (non-hydrogen) atoms. The molecule has 12 nitrogen and oxygen atoms in total. The summed E-state index contributed by atoms with van der Waals surface area (Å²) in [4.78, 5) is 36.1. The Hall–Kier alpha value is -5.39. The van der Waals surface area contributed by atoms with Gasteiger partial charge in [-0.25, -0.2) is 4.79 Å². The summed E-state index contributed by atoms with van der Waals surface area (Å²) in [7, 11) is 0. The summed E-state index contributed by atoms with van der Waals surface area (Å²) < 4.78 is 10.6. The molecule has 3 aromatic carbocycles. The van der Waals surface area contributed by atoms with Crippen LogP contribution in [0.4, 0.5) is 0 Å². The maximum absolute atomic E-state index is 12.4. The minimum Gasteiger partial charge on any atom is -0.549 e. The van der Waals surface area contributed by atoms with Crippen LogP contribution in [0.3, 0.4) is 0 Å². The second-order valence-corrected chi connectivity index (χ2v) is 8.61. The first-order chi connectivity index (χ1) is 18.5.